The summed E-state index contributed by atoms with van der Waals surface area (Å²) in [6.07, 6.45) is 11.2. The first-order chi connectivity index (χ1) is 17.0. The summed E-state index contributed by atoms with van der Waals surface area (Å²) in [5, 5.41) is 2.46. The van der Waals surface area contributed by atoms with Crippen molar-refractivity contribution in [3.05, 3.63) is 90.1 Å². The second-order valence-corrected chi connectivity index (χ2v) is 11.2. The van der Waals surface area contributed by atoms with E-state index in [1.165, 1.54) is 83.5 Å². The van der Waals surface area contributed by atoms with Crippen molar-refractivity contribution in [3.63, 3.8) is 0 Å². The van der Waals surface area contributed by atoms with Crippen LogP contribution in [0.25, 0.3) is 33.2 Å². The minimum atomic E-state index is 0.0146. The normalized spacial score (nSPS) is 18.3. The Kier molecular flexibility index (Phi) is 6.53. The van der Waals surface area contributed by atoms with Crippen LogP contribution in [0.3, 0.4) is 0 Å². The molecule has 0 spiro atoms. The maximum Gasteiger partial charge on any atom is 0.0780 e. The lowest BCUT2D eigenvalue weighted by Crippen LogP contribution is -2.45. The zero-order chi connectivity index (χ0) is 24.5. The molecule has 0 aliphatic heterocycles. The molecule has 1 atom stereocenters. The molecular weight excluding hydrogens is 422 g/mol. The van der Waals surface area contributed by atoms with Gasteiger partial charge in [-0.3, -0.25) is 4.98 Å². The van der Waals surface area contributed by atoms with Crippen molar-refractivity contribution >= 4 is 10.8 Å². The van der Waals surface area contributed by atoms with E-state index in [1.807, 2.05) is 6.20 Å². The Morgan fingerprint density at radius 1 is 0.686 bits per heavy atom. The van der Waals surface area contributed by atoms with E-state index < -0.39 is 0 Å². The van der Waals surface area contributed by atoms with Gasteiger partial charge in [-0.2, -0.15) is 0 Å². The van der Waals surface area contributed by atoms with Crippen molar-refractivity contribution in [3.8, 4) is 22.4 Å². The van der Waals surface area contributed by atoms with Gasteiger partial charge < -0.3 is 0 Å². The average Bonchev–Trinajstić information content (AvgIpc) is 2.89. The fourth-order valence-electron chi connectivity index (χ4n) is 6.33. The lowest BCUT2D eigenvalue weighted by Gasteiger charge is -2.51. The van der Waals surface area contributed by atoms with Gasteiger partial charge in [0.15, 0.2) is 0 Å². The highest BCUT2D eigenvalue weighted by Crippen LogP contribution is 2.56. The molecule has 1 aliphatic carbocycles. The first-order valence-corrected chi connectivity index (χ1v) is 13.6. The van der Waals surface area contributed by atoms with Gasteiger partial charge in [0.05, 0.1) is 5.69 Å². The monoisotopic (exact) mass is 461 g/mol. The van der Waals surface area contributed by atoms with Crippen molar-refractivity contribution in [2.24, 2.45) is 0 Å². The molecule has 5 rings (SSSR count). The van der Waals surface area contributed by atoms with E-state index in [2.05, 4.69) is 100 Å². The van der Waals surface area contributed by atoms with Crippen LogP contribution in [-0.2, 0) is 10.8 Å². The van der Waals surface area contributed by atoms with E-state index >= 15 is 0 Å². The van der Waals surface area contributed by atoms with Gasteiger partial charge in [0.1, 0.15) is 0 Å². The van der Waals surface area contributed by atoms with Crippen LogP contribution in [0.1, 0.15) is 83.8 Å². The minimum Gasteiger partial charge on any atom is -0.256 e. The number of aromatic nitrogens is 1. The highest BCUT2D eigenvalue weighted by molar-refractivity contribution is 5.95. The summed E-state index contributed by atoms with van der Waals surface area (Å²) in [4.78, 5) is 4.84. The number of nitrogens with zero attached hydrogens (tertiary/aromatic N) is 1. The lowest BCUT2D eigenvalue weighted by molar-refractivity contribution is 0.245. The smallest absolute Gasteiger partial charge is 0.0780 e. The third-order valence-corrected chi connectivity index (χ3v) is 8.86. The zero-order valence-corrected chi connectivity index (χ0v) is 21.9. The maximum atomic E-state index is 4.84. The second kappa shape index (κ2) is 9.61. The first kappa shape index (κ1) is 23.8. The van der Waals surface area contributed by atoms with E-state index in [-0.39, 0.29) is 10.8 Å². The van der Waals surface area contributed by atoms with E-state index in [4.69, 9.17) is 4.98 Å². The van der Waals surface area contributed by atoms with Gasteiger partial charge in [0.25, 0.3) is 0 Å². The van der Waals surface area contributed by atoms with E-state index in [1.54, 1.807) is 0 Å². The van der Waals surface area contributed by atoms with Gasteiger partial charge in [-0.1, -0.05) is 127 Å². The number of unbranched alkanes of at least 4 members (excludes halogenated alkanes) is 5. The Labute approximate surface area is 211 Å². The summed E-state index contributed by atoms with van der Waals surface area (Å²) < 4.78 is 0. The molecule has 0 amide bonds. The van der Waals surface area contributed by atoms with Crippen LogP contribution >= 0.6 is 0 Å². The number of fused-ring (bicyclic) bond motifs is 4. The van der Waals surface area contributed by atoms with Crippen molar-refractivity contribution in [1.29, 1.82) is 0 Å². The van der Waals surface area contributed by atoms with Gasteiger partial charge >= 0.3 is 0 Å². The molecule has 1 nitrogen and oxygen atoms in total. The number of hydrogen-bond donors (Lipinski definition) is 0. The van der Waals surface area contributed by atoms with Gasteiger partial charge in [-0.05, 0) is 51.6 Å². The Bertz CT molecular complexity index is 1330. The van der Waals surface area contributed by atoms with Crippen molar-refractivity contribution in [1.82, 2.24) is 4.98 Å². The molecule has 1 unspecified atom stereocenters. The first-order valence-electron chi connectivity index (χ1n) is 13.6. The Morgan fingerprint density at radius 2 is 1.40 bits per heavy atom. The summed E-state index contributed by atoms with van der Waals surface area (Å²) >= 11 is 0. The lowest BCUT2D eigenvalue weighted by atomic mass is 9.53. The van der Waals surface area contributed by atoms with Crippen LogP contribution in [0, 0.1) is 0 Å². The standard InChI is InChI=1S/C34H39N/c1-5-6-7-8-9-14-22-34(4)30-18-13-12-17-28(30)29-20-19-26(24-31(29)33(34,2)3)32-27-16-11-10-15-25(27)21-23-35-32/h10-13,15-21,23-24H,5-9,14,22H2,1-4H3. The predicted octanol–water partition coefficient (Wildman–Crippen LogP) is 9.87. The van der Waals surface area contributed by atoms with Gasteiger partial charge in [-0.15, -0.1) is 0 Å². The molecule has 180 valence electrons. The highest BCUT2D eigenvalue weighted by atomic mass is 14.7. The topological polar surface area (TPSA) is 12.9 Å². The SMILES string of the molecule is CCCCCCCCC1(C)c2ccccc2-c2ccc(-c3nccc4ccccc34)cc2C1(C)C. The fourth-order valence-corrected chi connectivity index (χ4v) is 6.33. The maximum absolute atomic E-state index is 4.84. The van der Waals surface area contributed by atoms with Crippen LogP contribution < -0.4 is 0 Å². The third kappa shape index (κ3) is 4.10. The summed E-state index contributed by atoms with van der Waals surface area (Å²) in [7, 11) is 0. The van der Waals surface area contributed by atoms with Crippen LogP contribution in [0.5, 0.6) is 0 Å². The van der Waals surface area contributed by atoms with E-state index in [9.17, 15) is 0 Å². The molecule has 0 bridgehead atoms. The largest absolute Gasteiger partial charge is 0.256 e. The molecule has 1 heteroatoms. The molecule has 1 aliphatic rings. The van der Waals surface area contributed by atoms with Gasteiger partial charge in [0.2, 0.25) is 0 Å². The molecule has 0 radical (unpaired) electrons. The predicted molar refractivity (Wildman–Crippen MR) is 151 cm³/mol. The Balaban J connectivity index is 1.58. The summed E-state index contributed by atoms with van der Waals surface area (Å²) in [5.74, 6) is 0. The average molecular weight is 462 g/mol. The fraction of sp³-hybridized carbons (Fsp3) is 0.382. The summed E-state index contributed by atoms with van der Waals surface area (Å²) in [5.41, 5.74) is 8.17. The number of hydrogen-bond acceptors (Lipinski definition) is 1. The molecule has 35 heavy (non-hydrogen) atoms. The quantitative estimate of drug-likeness (QED) is 0.238. The minimum absolute atomic E-state index is 0.0146. The highest BCUT2D eigenvalue weighted by Gasteiger charge is 2.48. The van der Waals surface area contributed by atoms with Crippen LogP contribution in [0.2, 0.25) is 0 Å². The molecule has 3 aromatic carbocycles. The van der Waals surface area contributed by atoms with E-state index in [0.29, 0.717) is 0 Å². The van der Waals surface area contributed by atoms with Gasteiger partial charge in [-0.25, -0.2) is 0 Å². The van der Waals surface area contributed by atoms with Gasteiger partial charge in [0, 0.05) is 22.6 Å². The second-order valence-electron chi connectivity index (χ2n) is 11.2. The zero-order valence-electron chi connectivity index (χ0n) is 21.9. The molecule has 0 N–H and O–H groups in total. The third-order valence-electron chi connectivity index (χ3n) is 8.86. The van der Waals surface area contributed by atoms with Crippen molar-refractivity contribution < 1.29 is 0 Å². The molecule has 0 saturated heterocycles. The van der Waals surface area contributed by atoms with E-state index in [0.717, 1.165) is 5.69 Å². The Hall–Kier alpha value is -2.93. The number of pyridine rings is 1. The summed E-state index contributed by atoms with van der Waals surface area (Å²) in [6, 6.07) is 26.9. The Morgan fingerprint density at radius 3 is 2.26 bits per heavy atom. The van der Waals surface area contributed by atoms with Crippen molar-refractivity contribution in [2.75, 3.05) is 0 Å². The molecule has 0 fully saturated rings. The summed E-state index contributed by atoms with van der Waals surface area (Å²) in [6.45, 7) is 9.75. The van der Waals surface area contributed by atoms with Crippen LogP contribution in [0.15, 0.2) is 79.0 Å². The van der Waals surface area contributed by atoms with Crippen LogP contribution in [-0.4, -0.2) is 4.98 Å². The molecule has 1 aromatic heterocycles. The molecule has 0 saturated carbocycles. The number of benzene rings is 3. The molecule has 4 aromatic rings. The van der Waals surface area contributed by atoms with Crippen molar-refractivity contribution in [2.45, 2.75) is 83.5 Å². The number of rotatable bonds is 8. The molecular formula is C34H39N. The van der Waals surface area contributed by atoms with Crippen LogP contribution in [0.4, 0.5) is 0 Å². The molecule has 1 heterocycles.